The summed E-state index contributed by atoms with van der Waals surface area (Å²) in [6.07, 6.45) is 0. The minimum atomic E-state index is -0.398. The normalized spacial score (nSPS) is 10.1. The van der Waals surface area contributed by atoms with Crippen molar-refractivity contribution in [2.24, 2.45) is 0 Å². The predicted octanol–water partition coefficient (Wildman–Crippen LogP) is 2.17. The van der Waals surface area contributed by atoms with Crippen LogP contribution in [0.15, 0.2) is 30.3 Å². The van der Waals surface area contributed by atoms with Gasteiger partial charge in [-0.3, -0.25) is 4.79 Å². The summed E-state index contributed by atoms with van der Waals surface area (Å²) >= 11 is 0. The number of aromatic nitrogens is 1. The van der Waals surface area contributed by atoms with E-state index in [-0.39, 0.29) is 5.88 Å². The van der Waals surface area contributed by atoms with Crippen LogP contribution in [-0.4, -0.2) is 18.1 Å². The number of methoxy groups -OCH3 is 1. The maximum absolute atomic E-state index is 10.8. The van der Waals surface area contributed by atoms with Crippen LogP contribution in [0.2, 0.25) is 0 Å². The van der Waals surface area contributed by atoms with E-state index in [1.54, 1.807) is 13.2 Å². The van der Waals surface area contributed by atoms with Crippen LogP contribution in [-0.2, 0) is 4.79 Å². The second-order valence-electron chi connectivity index (χ2n) is 3.27. The number of hydrogen-bond donors (Lipinski definition) is 0. The molecule has 0 radical (unpaired) electrons. The number of carbonyl (C=O) groups excluding carboxylic acids is 1. The molecule has 0 unspecified atom stereocenters. The third-order valence-electron chi connectivity index (χ3n) is 2.12. The fourth-order valence-electron chi connectivity index (χ4n) is 1.49. The molecule has 4 heteroatoms. The van der Waals surface area contributed by atoms with Gasteiger partial charge in [0.05, 0.1) is 12.6 Å². The van der Waals surface area contributed by atoms with Crippen LogP contribution in [0.25, 0.3) is 10.9 Å². The third-order valence-corrected chi connectivity index (χ3v) is 2.12. The van der Waals surface area contributed by atoms with Gasteiger partial charge in [-0.15, -0.1) is 0 Å². The van der Waals surface area contributed by atoms with E-state index >= 15 is 0 Å². The molecule has 2 rings (SSSR count). The van der Waals surface area contributed by atoms with Gasteiger partial charge in [0.15, 0.2) is 0 Å². The highest BCUT2D eigenvalue weighted by atomic mass is 16.5. The van der Waals surface area contributed by atoms with E-state index in [1.165, 1.54) is 6.92 Å². The lowest BCUT2D eigenvalue weighted by molar-refractivity contribution is -0.132. The summed E-state index contributed by atoms with van der Waals surface area (Å²) in [5, 5.41) is 0.890. The Bertz CT molecular complexity index is 537. The van der Waals surface area contributed by atoms with Crippen molar-refractivity contribution in [3.8, 4) is 11.6 Å². The Labute approximate surface area is 92.8 Å². The molecule has 0 aliphatic heterocycles. The number of esters is 1. The number of carbonyl (C=O) groups is 1. The Morgan fingerprint density at radius 2 is 2.06 bits per heavy atom. The van der Waals surface area contributed by atoms with Crippen LogP contribution in [0.4, 0.5) is 0 Å². The van der Waals surface area contributed by atoms with Crippen molar-refractivity contribution in [3.63, 3.8) is 0 Å². The summed E-state index contributed by atoms with van der Waals surface area (Å²) in [4.78, 5) is 15.0. The molecule has 1 aromatic heterocycles. The molecule has 0 fully saturated rings. The molecule has 4 nitrogen and oxygen atoms in total. The SMILES string of the molecule is COc1cc(OC(C)=O)nc2ccccc12. The number of benzene rings is 1. The Morgan fingerprint density at radius 1 is 1.31 bits per heavy atom. The lowest BCUT2D eigenvalue weighted by atomic mass is 10.2. The number of hydrogen-bond acceptors (Lipinski definition) is 4. The summed E-state index contributed by atoms with van der Waals surface area (Å²) in [6.45, 7) is 1.34. The smallest absolute Gasteiger partial charge is 0.309 e. The number of para-hydroxylation sites is 1. The van der Waals surface area contributed by atoms with Crippen LogP contribution < -0.4 is 9.47 Å². The molecule has 0 saturated carbocycles. The van der Waals surface area contributed by atoms with Gasteiger partial charge >= 0.3 is 5.97 Å². The molecule has 0 atom stereocenters. The van der Waals surface area contributed by atoms with E-state index in [4.69, 9.17) is 9.47 Å². The van der Waals surface area contributed by atoms with Crippen molar-refractivity contribution in [2.45, 2.75) is 6.92 Å². The molecule has 1 aromatic carbocycles. The summed E-state index contributed by atoms with van der Waals surface area (Å²) in [6, 6.07) is 9.11. The highest BCUT2D eigenvalue weighted by Crippen LogP contribution is 2.27. The minimum Gasteiger partial charge on any atom is -0.496 e. The second-order valence-corrected chi connectivity index (χ2v) is 3.27. The van der Waals surface area contributed by atoms with Gasteiger partial charge in [0.25, 0.3) is 0 Å². The Morgan fingerprint density at radius 3 is 2.75 bits per heavy atom. The predicted molar refractivity (Wildman–Crippen MR) is 59.6 cm³/mol. The van der Waals surface area contributed by atoms with Crippen LogP contribution in [0.3, 0.4) is 0 Å². The van der Waals surface area contributed by atoms with Crippen molar-refractivity contribution < 1.29 is 14.3 Å². The van der Waals surface area contributed by atoms with Gasteiger partial charge in [-0.1, -0.05) is 12.1 Å². The van der Waals surface area contributed by atoms with Gasteiger partial charge in [-0.05, 0) is 12.1 Å². The molecule has 16 heavy (non-hydrogen) atoms. The first kappa shape index (κ1) is 10.4. The van der Waals surface area contributed by atoms with E-state index in [0.717, 1.165) is 10.9 Å². The summed E-state index contributed by atoms with van der Waals surface area (Å²) in [5.74, 6) is 0.495. The molecule has 2 aromatic rings. The van der Waals surface area contributed by atoms with Crippen LogP contribution >= 0.6 is 0 Å². The zero-order valence-corrected chi connectivity index (χ0v) is 9.06. The topological polar surface area (TPSA) is 48.4 Å². The molecular formula is C12H11NO3. The van der Waals surface area contributed by atoms with Gasteiger partial charge < -0.3 is 9.47 Å². The lowest BCUT2D eigenvalue weighted by Crippen LogP contribution is -2.03. The van der Waals surface area contributed by atoms with E-state index in [1.807, 2.05) is 24.3 Å². The molecule has 0 amide bonds. The lowest BCUT2D eigenvalue weighted by Gasteiger charge is -2.07. The van der Waals surface area contributed by atoms with E-state index < -0.39 is 5.97 Å². The molecule has 0 spiro atoms. The average molecular weight is 217 g/mol. The first-order valence-electron chi connectivity index (χ1n) is 4.83. The highest BCUT2D eigenvalue weighted by Gasteiger charge is 2.07. The zero-order valence-electron chi connectivity index (χ0n) is 9.06. The second kappa shape index (κ2) is 4.18. The molecule has 0 aliphatic carbocycles. The van der Waals surface area contributed by atoms with Crippen molar-refractivity contribution in [1.82, 2.24) is 4.98 Å². The number of fused-ring (bicyclic) bond motifs is 1. The van der Waals surface area contributed by atoms with E-state index in [9.17, 15) is 4.79 Å². The molecule has 0 aliphatic rings. The van der Waals surface area contributed by atoms with Gasteiger partial charge in [0.2, 0.25) is 5.88 Å². The minimum absolute atomic E-state index is 0.253. The molecule has 0 N–H and O–H groups in total. The van der Waals surface area contributed by atoms with Gasteiger partial charge in [-0.2, -0.15) is 0 Å². The monoisotopic (exact) mass is 217 g/mol. The first-order valence-corrected chi connectivity index (χ1v) is 4.83. The van der Waals surface area contributed by atoms with Crippen molar-refractivity contribution >= 4 is 16.9 Å². The van der Waals surface area contributed by atoms with Gasteiger partial charge in [0.1, 0.15) is 5.75 Å². The Kier molecular flexibility index (Phi) is 2.72. The first-order chi connectivity index (χ1) is 7.70. The van der Waals surface area contributed by atoms with E-state index in [0.29, 0.717) is 5.75 Å². The van der Waals surface area contributed by atoms with Crippen molar-refractivity contribution in [1.29, 1.82) is 0 Å². The van der Waals surface area contributed by atoms with Crippen LogP contribution in [0.1, 0.15) is 6.92 Å². The Balaban J connectivity index is 2.58. The summed E-state index contributed by atoms with van der Waals surface area (Å²) < 4.78 is 10.2. The van der Waals surface area contributed by atoms with Crippen molar-refractivity contribution in [3.05, 3.63) is 30.3 Å². The highest BCUT2D eigenvalue weighted by molar-refractivity contribution is 5.86. The average Bonchev–Trinajstić information content (AvgIpc) is 2.27. The fourth-order valence-corrected chi connectivity index (χ4v) is 1.49. The fraction of sp³-hybridized carbons (Fsp3) is 0.167. The number of pyridine rings is 1. The molecular weight excluding hydrogens is 206 g/mol. The van der Waals surface area contributed by atoms with Gasteiger partial charge in [0, 0.05) is 18.4 Å². The largest absolute Gasteiger partial charge is 0.496 e. The molecule has 1 heterocycles. The zero-order chi connectivity index (χ0) is 11.5. The van der Waals surface area contributed by atoms with Gasteiger partial charge in [-0.25, -0.2) is 4.98 Å². The maximum Gasteiger partial charge on any atom is 0.309 e. The summed E-state index contributed by atoms with van der Waals surface area (Å²) in [7, 11) is 1.57. The number of nitrogens with zero attached hydrogens (tertiary/aromatic N) is 1. The van der Waals surface area contributed by atoms with Crippen molar-refractivity contribution in [2.75, 3.05) is 7.11 Å². The van der Waals surface area contributed by atoms with Crippen LogP contribution in [0.5, 0.6) is 11.6 Å². The van der Waals surface area contributed by atoms with Crippen LogP contribution in [0, 0.1) is 0 Å². The molecule has 82 valence electrons. The van der Waals surface area contributed by atoms with E-state index in [2.05, 4.69) is 4.98 Å². The Hall–Kier alpha value is -2.10. The molecule has 0 bridgehead atoms. The summed E-state index contributed by atoms with van der Waals surface area (Å²) in [5.41, 5.74) is 0.734. The number of ether oxygens (including phenoxy) is 2. The standard InChI is InChI=1S/C12H11NO3/c1-8(14)16-12-7-11(15-2)9-5-3-4-6-10(9)13-12/h3-7H,1-2H3. The quantitative estimate of drug-likeness (QED) is 0.723. The molecule has 0 saturated heterocycles. The number of rotatable bonds is 2. The maximum atomic E-state index is 10.8. The third kappa shape index (κ3) is 1.95.